The molecule has 0 bridgehead atoms. The number of imidazole rings is 1. The molecule has 4 aromatic rings. The van der Waals surface area contributed by atoms with Crippen molar-refractivity contribution in [3.63, 3.8) is 0 Å². The molecule has 28 heavy (non-hydrogen) atoms. The molecule has 8 nitrogen and oxygen atoms in total. The van der Waals surface area contributed by atoms with E-state index in [0.717, 1.165) is 35.2 Å². The quantitative estimate of drug-likeness (QED) is 0.510. The van der Waals surface area contributed by atoms with Crippen LogP contribution >= 0.6 is 11.3 Å². The fourth-order valence-electron chi connectivity index (χ4n) is 3.52. The Morgan fingerprint density at radius 3 is 2.86 bits per heavy atom. The molecule has 0 N–H and O–H groups in total. The maximum absolute atomic E-state index is 13.3. The number of benzene rings is 1. The van der Waals surface area contributed by atoms with Gasteiger partial charge in [0.05, 0.1) is 17.6 Å². The van der Waals surface area contributed by atoms with Crippen LogP contribution in [-0.2, 0) is 16.6 Å². The molecule has 0 atom stereocenters. The second kappa shape index (κ2) is 5.65. The first-order valence-corrected chi connectivity index (χ1v) is 11.3. The van der Waals surface area contributed by atoms with Gasteiger partial charge >= 0.3 is 0 Å². The minimum absolute atomic E-state index is 0.251. The van der Waals surface area contributed by atoms with E-state index in [-0.39, 0.29) is 4.21 Å². The van der Waals surface area contributed by atoms with Crippen LogP contribution < -0.4 is 4.31 Å². The van der Waals surface area contributed by atoms with Gasteiger partial charge in [0.15, 0.2) is 0 Å². The normalized spacial score (nSPS) is 16.8. The van der Waals surface area contributed by atoms with Crippen molar-refractivity contribution in [1.29, 1.82) is 0 Å². The number of rotatable bonds is 4. The Hall–Kier alpha value is -2.72. The van der Waals surface area contributed by atoms with E-state index in [4.69, 9.17) is 4.52 Å². The third-order valence-electron chi connectivity index (χ3n) is 5.13. The summed E-state index contributed by atoms with van der Waals surface area (Å²) in [6.45, 7) is 0.958. The van der Waals surface area contributed by atoms with Crippen LogP contribution in [0.25, 0.3) is 22.4 Å². The van der Waals surface area contributed by atoms with Gasteiger partial charge in [0, 0.05) is 23.4 Å². The third-order valence-corrected chi connectivity index (χ3v) is 8.33. The van der Waals surface area contributed by atoms with Gasteiger partial charge in [-0.2, -0.15) is 4.98 Å². The van der Waals surface area contributed by atoms with Gasteiger partial charge in [-0.15, -0.1) is 11.3 Å². The summed E-state index contributed by atoms with van der Waals surface area (Å²) in [7, 11) is -3.70. The van der Waals surface area contributed by atoms with Crippen LogP contribution in [-0.4, -0.2) is 34.7 Å². The van der Waals surface area contributed by atoms with Crippen LogP contribution in [0.15, 0.2) is 44.4 Å². The molecule has 1 fully saturated rings. The summed E-state index contributed by atoms with van der Waals surface area (Å²) in [6, 6.07) is 9.30. The van der Waals surface area contributed by atoms with Gasteiger partial charge in [0.2, 0.25) is 17.7 Å². The first kappa shape index (κ1) is 16.3. The molecule has 1 aliphatic carbocycles. The van der Waals surface area contributed by atoms with Crippen molar-refractivity contribution < 1.29 is 12.9 Å². The molecule has 0 spiro atoms. The largest absolute Gasteiger partial charge is 0.339 e. The van der Waals surface area contributed by atoms with E-state index < -0.39 is 10.0 Å². The number of para-hydroxylation sites is 2. The number of sulfonamides is 1. The van der Waals surface area contributed by atoms with Crippen LogP contribution in [0.1, 0.15) is 24.7 Å². The van der Waals surface area contributed by atoms with E-state index in [1.807, 2.05) is 28.8 Å². The Morgan fingerprint density at radius 2 is 2.00 bits per heavy atom. The van der Waals surface area contributed by atoms with E-state index in [1.165, 1.54) is 4.31 Å². The topological polar surface area (TPSA) is 94.1 Å². The van der Waals surface area contributed by atoms with Crippen LogP contribution in [0.3, 0.4) is 0 Å². The number of fused-ring (bicyclic) bond motifs is 3. The SMILES string of the molecule is O=S(=O)(c1cc(-c2noc(C3CC3)n2)cs1)N1CCn2c1nc1ccccc12. The maximum Gasteiger partial charge on any atom is 0.276 e. The van der Waals surface area contributed by atoms with Crippen molar-refractivity contribution in [3.8, 4) is 11.4 Å². The minimum Gasteiger partial charge on any atom is -0.339 e. The number of thiophene rings is 1. The summed E-state index contributed by atoms with van der Waals surface area (Å²) in [6.07, 6.45) is 2.14. The number of nitrogens with zero attached hydrogens (tertiary/aromatic N) is 5. The second-order valence-corrected chi connectivity index (χ2v) is 10.0. The fraction of sp³-hybridized carbons (Fsp3) is 0.278. The molecule has 2 aliphatic rings. The molecule has 6 rings (SSSR count). The molecule has 1 saturated carbocycles. The molecule has 3 aromatic heterocycles. The van der Waals surface area contributed by atoms with E-state index in [9.17, 15) is 8.42 Å². The Bertz CT molecular complexity index is 1320. The van der Waals surface area contributed by atoms with Crippen molar-refractivity contribution in [1.82, 2.24) is 19.7 Å². The first-order chi connectivity index (χ1) is 13.6. The minimum atomic E-state index is -3.70. The molecule has 1 aromatic carbocycles. The smallest absolute Gasteiger partial charge is 0.276 e. The molecule has 10 heteroatoms. The molecule has 0 saturated heterocycles. The Labute approximate surface area is 164 Å². The third kappa shape index (κ3) is 2.34. The summed E-state index contributed by atoms with van der Waals surface area (Å²) >= 11 is 1.16. The Morgan fingerprint density at radius 1 is 1.14 bits per heavy atom. The van der Waals surface area contributed by atoms with Crippen molar-refractivity contribution in [2.24, 2.45) is 0 Å². The van der Waals surface area contributed by atoms with Crippen LogP contribution in [0.4, 0.5) is 5.95 Å². The maximum atomic E-state index is 13.3. The van der Waals surface area contributed by atoms with Gasteiger partial charge in [0.25, 0.3) is 10.0 Å². The zero-order valence-electron chi connectivity index (χ0n) is 14.6. The fourth-order valence-corrected chi connectivity index (χ4v) is 6.20. The van der Waals surface area contributed by atoms with Crippen molar-refractivity contribution in [2.45, 2.75) is 29.5 Å². The molecule has 1 aliphatic heterocycles. The van der Waals surface area contributed by atoms with Crippen molar-refractivity contribution >= 4 is 38.3 Å². The van der Waals surface area contributed by atoms with Gasteiger partial charge in [-0.3, -0.25) is 0 Å². The van der Waals surface area contributed by atoms with Crippen LogP contribution in [0.2, 0.25) is 0 Å². The lowest BCUT2D eigenvalue weighted by Crippen LogP contribution is -2.29. The molecule has 0 radical (unpaired) electrons. The highest BCUT2D eigenvalue weighted by Crippen LogP contribution is 2.40. The Kier molecular flexibility index (Phi) is 3.28. The predicted octanol–water partition coefficient (Wildman–Crippen LogP) is 3.23. The summed E-state index contributed by atoms with van der Waals surface area (Å²) in [5.74, 6) is 1.90. The van der Waals surface area contributed by atoms with Gasteiger partial charge < -0.3 is 9.09 Å². The Balaban J connectivity index is 1.36. The monoisotopic (exact) mass is 413 g/mol. The highest BCUT2D eigenvalue weighted by molar-refractivity contribution is 7.94. The highest BCUT2D eigenvalue weighted by atomic mass is 32.2. The van der Waals surface area contributed by atoms with Crippen LogP contribution in [0.5, 0.6) is 0 Å². The highest BCUT2D eigenvalue weighted by Gasteiger charge is 2.35. The van der Waals surface area contributed by atoms with E-state index >= 15 is 0 Å². The first-order valence-electron chi connectivity index (χ1n) is 9.02. The van der Waals surface area contributed by atoms with Crippen molar-refractivity contribution in [3.05, 3.63) is 41.6 Å². The number of aromatic nitrogens is 4. The molecule has 0 unspecified atom stereocenters. The average molecular weight is 413 g/mol. The zero-order valence-corrected chi connectivity index (χ0v) is 16.3. The summed E-state index contributed by atoms with van der Waals surface area (Å²) < 4.78 is 35.4. The number of anilines is 1. The predicted molar refractivity (Wildman–Crippen MR) is 104 cm³/mol. The molecule has 4 heterocycles. The van der Waals surface area contributed by atoms with Crippen molar-refractivity contribution in [2.75, 3.05) is 10.8 Å². The van der Waals surface area contributed by atoms with E-state index in [0.29, 0.717) is 42.2 Å². The van der Waals surface area contributed by atoms with Gasteiger partial charge in [-0.05, 0) is 31.0 Å². The molecule has 142 valence electrons. The van der Waals surface area contributed by atoms with Crippen LogP contribution in [0, 0.1) is 0 Å². The zero-order chi connectivity index (χ0) is 18.9. The summed E-state index contributed by atoms with van der Waals surface area (Å²) in [5.41, 5.74) is 2.40. The average Bonchev–Trinajstić information content (AvgIpc) is 3.13. The number of hydrogen-bond acceptors (Lipinski definition) is 7. The second-order valence-electron chi connectivity index (χ2n) is 7.01. The van der Waals surface area contributed by atoms with E-state index in [2.05, 4.69) is 15.1 Å². The standard InChI is InChI=1S/C18H15N5O3S2/c24-28(25,23-8-7-22-14-4-2-1-3-13(14)19-18(22)23)15-9-12(10-27-15)16-20-17(26-21-16)11-5-6-11/h1-4,9-11H,5-8H2. The lowest BCUT2D eigenvalue weighted by atomic mass is 10.3. The lowest BCUT2D eigenvalue weighted by Gasteiger charge is -2.14. The van der Waals surface area contributed by atoms with E-state index in [1.54, 1.807) is 11.4 Å². The summed E-state index contributed by atoms with van der Waals surface area (Å²) in [5, 5.41) is 5.76. The van der Waals surface area contributed by atoms with Gasteiger partial charge in [0.1, 0.15) is 4.21 Å². The molecular weight excluding hydrogens is 398 g/mol. The lowest BCUT2D eigenvalue weighted by molar-refractivity contribution is 0.380. The molecule has 0 amide bonds. The molecular formula is C18H15N5O3S2. The summed E-state index contributed by atoms with van der Waals surface area (Å²) in [4.78, 5) is 8.94. The van der Waals surface area contributed by atoms with Gasteiger partial charge in [-0.25, -0.2) is 17.7 Å². The number of hydrogen-bond donors (Lipinski definition) is 0. The van der Waals surface area contributed by atoms with Gasteiger partial charge in [-0.1, -0.05) is 17.3 Å².